The van der Waals surface area contributed by atoms with Crippen LogP contribution in [0.15, 0.2) is 60.8 Å². The largest absolute Gasteiger partial charge is 0.457 e. The van der Waals surface area contributed by atoms with Crippen molar-refractivity contribution in [1.29, 1.82) is 0 Å². The average molecular weight is 490 g/mol. The second-order valence-corrected chi connectivity index (χ2v) is 9.23. The number of carbonyl (C=O) groups is 1. The van der Waals surface area contributed by atoms with Gasteiger partial charge >= 0.3 is 0 Å². The summed E-state index contributed by atoms with van der Waals surface area (Å²) in [5, 5.41) is 15.7. The number of ether oxygens (including phenoxy) is 1. The van der Waals surface area contributed by atoms with E-state index in [2.05, 4.69) is 4.98 Å². The van der Waals surface area contributed by atoms with Crippen LogP contribution in [0.4, 0.5) is 10.2 Å². The molecule has 0 aliphatic carbocycles. The normalized spacial score (nSPS) is 18.8. The minimum absolute atomic E-state index is 0.00923. The molecule has 0 spiro atoms. The Morgan fingerprint density at radius 2 is 1.94 bits per heavy atom. The van der Waals surface area contributed by atoms with Crippen molar-refractivity contribution < 1.29 is 19.0 Å². The Morgan fingerprint density at radius 1 is 1.17 bits per heavy atom. The van der Waals surface area contributed by atoms with Gasteiger partial charge in [-0.3, -0.25) is 4.79 Å². The van der Waals surface area contributed by atoms with E-state index in [1.54, 1.807) is 40.0 Å². The smallest absolute Gasteiger partial charge is 0.251 e. The summed E-state index contributed by atoms with van der Waals surface area (Å²) in [5.41, 5.74) is 8.59. The number of pyridine rings is 1. The number of fused-ring (bicyclic) bond motifs is 1. The van der Waals surface area contributed by atoms with Crippen LogP contribution in [-0.4, -0.2) is 49.4 Å². The first kappa shape index (κ1) is 23.7. The first-order valence-corrected chi connectivity index (χ1v) is 12.0. The second-order valence-electron chi connectivity index (χ2n) is 9.23. The Kier molecular flexibility index (Phi) is 6.32. The van der Waals surface area contributed by atoms with Crippen LogP contribution in [0.5, 0.6) is 11.5 Å². The van der Waals surface area contributed by atoms with Gasteiger partial charge in [0, 0.05) is 36.2 Å². The van der Waals surface area contributed by atoms with Crippen LogP contribution in [0.25, 0.3) is 16.6 Å². The number of benzene rings is 2. The summed E-state index contributed by atoms with van der Waals surface area (Å²) < 4.78 is 21.0. The fourth-order valence-corrected chi connectivity index (χ4v) is 4.80. The first-order chi connectivity index (χ1) is 17.3. The number of halogens is 1. The molecule has 2 aromatic heterocycles. The molecule has 1 saturated heterocycles. The zero-order valence-corrected chi connectivity index (χ0v) is 20.1. The monoisotopic (exact) mass is 489 g/mol. The summed E-state index contributed by atoms with van der Waals surface area (Å²) in [7, 11) is 0. The zero-order valence-electron chi connectivity index (χ0n) is 20.1. The van der Waals surface area contributed by atoms with Crippen LogP contribution >= 0.6 is 0 Å². The summed E-state index contributed by atoms with van der Waals surface area (Å²) in [4.78, 5) is 18.6. The fourth-order valence-electron chi connectivity index (χ4n) is 4.80. The molecule has 36 heavy (non-hydrogen) atoms. The predicted octanol–water partition coefficient (Wildman–Crippen LogP) is 4.41. The first-order valence-electron chi connectivity index (χ1n) is 12.0. The number of nitrogens with zero attached hydrogens (tertiary/aromatic N) is 4. The van der Waals surface area contributed by atoms with Crippen molar-refractivity contribution in [3.05, 3.63) is 72.3 Å². The number of nitrogen functional groups attached to an aromatic ring is 1. The summed E-state index contributed by atoms with van der Waals surface area (Å²) in [6.07, 6.45) is 2.28. The minimum atomic E-state index is -1.05. The number of anilines is 1. The fraction of sp³-hybridized carbons (Fsp3) is 0.296. The number of amides is 1. The van der Waals surface area contributed by atoms with Crippen molar-refractivity contribution in [2.45, 2.75) is 44.8 Å². The van der Waals surface area contributed by atoms with Crippen molar-refractivity contribution in [3.8, 4) is 17.2 Å². The second kappa shape index (κ2) is 9.58. The summed E-state index contributed by atoms with van der Waals surface area (Å²) in [6.45, 7) is 3.97. The molecule has 3 atom stereocenters. The molecule has 0 bridgehead atoms. The maximum Gasteiger partial charge on any atom is 0.251 e. The molecule has 2 aromatic carbocycles. The van der Waals surface area contributed by atoms with E-state index in [1.807, 2.05) is 25.1 Å². The molecule has 1 aliphatic rings. The number of nitrogens with two attached hydrogens (primary N) is 1. The average Bonchev–Trinajstić information content (AvgIpc) is 3.25. The minimum Gasteiger partial charge on any atom is -0.457 e. The standard InChI is InChI=1S/C27H28FN5O3/c1-16-6-7-18(15-32(16)27(35)17(2)34)24-23-12-13-30-26(29)25(23)33(31-24)20-8-10-21(11-9-20)36-22-5-3-4-19(28)14-22/h3-5,8-14,16-18,34H,6-7,15H2,1-2H3,(H2,29,30). The highest BCUT2D eigenvalue weighted by molar-refractivity contribution is 5.91. The van der Waals surface area contributed by atoms with Crippen molar-refractivity contribution in [2.75, 3.05) is 12.3 Å². The molecule has 9 heteroatoms. The van der Waals surface area contributed by atoms with Gasteiger partial charge in [-0.05, 0) is 69.2 Å². The molecule has 3 N–H and O–H groups in total. The number of piperidine rings is 1. The van der Waals surface area contributed by atoms with Gasteiger partial charge in [-0.15, -0.1) is 0 Å². The molecule has 1 amide bonds. The molecule has 0 radical (unpaired) electrons. The van der Waals surface area contributed by atoms with E-state index in [0.29, 0.717) is 29.4 Å². The van der Waals surface area contributed by atoms with E-state index in [1.165, 1.54) is 19.1 Å². The number of aromatic nitrogens is 3. The van der Waals surface area contributed by atoms with Crippen LogP contribution in [0.2, 0.25) is 0 Å². The quantitative estimate of drug-likeness (QED) is 0.430. The van der Waals surface area contributed by atoms with Crippen molar-refractivity contribution in [3.63, 3.8) is 0 Å². The number of carbonyl (C=O) groups excluding carboxylic acids is 1. The molecule has 3 unspecified atom stereocenters. The molecular weight excluding hydrogens is 461 g/mol. The molecule has 5 rings (SSSR count). The number of aliphatic hydroxyl groups is 1. The van der Waals surface area contributed by atoms with Gasteiger partial charge in [0.2, 0.25) is 0 Å². The molecule has 1 fully saturated rings. The van der Waals surface area contributed by atoms with Crippen LogP contribution in [0.3, 0.4) is 0 Å². The molecule has 186 valence electrons. The summed E-state index contributed by atoms with van der Waals surface area (Å²) in [6, 6.07) is 15.2. The Bertz CT molecular complexity index is 1400. The lowest BCUT2D eigenvalue weighted by Gasteiger charge is -2.38. The van der Waals surface area contributed by atoms with Gasteiger partial charge in [0.15, 0.2) is 0 Å². The maximum atomic E-state index is 13.5. The van der Waals surface area contributed by atoms with Gasteiger partial charge < -0.3 is 20.5 Å². The molecular formula is C27H28FN5O3. The lowest BCUT2D eigenvalue weighted by molar-refractivity contribution is -0.143. The predicted molar refractivity (Wildman–Crippen MR) is 135 cm³/mol. The van der Waals surface area contributed by atoms with Crippen molar-refractivity contribution in [2.24, 2.45) is 0 Å². The lowest BCUT2D eigenvalue weighted by Crippen LogP contribution is -2.48. The molecule has 3 heterocycles. The zero-order chi connectivity index (χ0) is 25.4. The third-order valence-electron chi connectivity index (χ3n) is 6.67. The van der Waals surface area contributed by atoms with Crippen LogP contribution in [-0.2, 0) is 4.79 Å². The number of aliphatic hydroxyl groups excluding tert-OH is 1. The highest BCUT2D eigenvalue weighted by Crippen LogP contribution is 2.36. The molecule has 4 aromatic rings. The van der Waals surface area contributed by atoms with E-state index in [9.17, 15) is 14.3 Å². The van der Waals surface area contributed by atoms with Crippen LogP contribution in [0, 0.1) is 5.82 Å². The summed E-state index contributed by atoms with van der Waals surface area (Å²) >= 11 is 0. The SMILES string of the molecule is CC(O)C(=O)N1CC(c2nn(-c3ccc(Oc4cccc(F)c4)cc3)c3c(N)nccc23)CCC1C. The van der Waals surface area contributed by atoms with Gasteiger partial charge in [-0.2, -0.15) is 5.10 Å². The Balaban J connectivity index is 1.49. The van der Waals surface area contributed by atoms with Crippen LogP contribution in [0.1, 0.15) is 38.3 Å². The summed E-state index contributed by atoms with van der Waals surface area (Å²) in [5.74, 6) is 0.670. The number of hydrogen-bond acceptors (Lipinski definition) is 6. The van der Waals surface area contributed by atoms with E-state index in [-0.39, 0.29) is 23.7 Å². The Hall–Kier alpha value is -3.98. The van der Waals surface area contributed by atoms with Gasteiger partial charge in [0.25, 0.3) is 5.91 Å². The number of likely N-dealkylation sites (tertiary alicyclic amines) is 1. The third kappa shape index (κ3) is 4.49. The molecule has 1 aliphatic heterocycles. The Morgan fingerprint density at radius 3 is 2.67 bits per heavy atom. The topological polar surface area (TPSA) is 106 Å². The van der Waals surface area contributed by atoms with Gasteiger partial charge in [-0.25, -0.2) is 14.1 Å². The van der Waals surface area contributed by atoms with E-state index in [0.717, 1.165) is 29.6 Å². The molecule has 8 nitrogen and oxygen atoms in total. The van der Waals surface area contributed by atoms with Crippen molar-refractivity contribution >= 4 is 22.6 Å². The van der Waals surface area contributed by atoms with E-state index < -0.39 is 6.10 Å². The van der Waals surface area contributed by atoms with Crippen LogP contribution < -0.4 is 10.5 Å². The van der Waals surface area contributed by atoms with Gasteiger partial charge in [0.05, 0.1) is 11.4 Å². The van der Waals surface area contributed by atoms with Gasteiger partial charge in [0.1, 0.15) is 34.8 Å². The number of rotatable bonds is 5. The van der Waals surface area contributed by atoms with E-state index >= 15 is 0 Å². The highest BCUT2D eigenvalue weighted by atomic mass is 19.1. The lowest BCUT2D eigenvalue weighted by atomic mass is 9.89. The van der Waals surface area contributed by atoms with Crippen molar-refractivity contribution in [1.82, 2.24) is 19.7 Å². The molecule has 0 saturated carbocycles. The number of hydrogen-bond donors (Lipinski definition) is 2. The highest BCUT2D eigenvalue weighted by Gasteiger charge is 2.34. The van der Waals surface area contributed by atoms with Gasteiger partial charge in [-0.1, -0.05) is 6.07 Å². The maximum absolute atomic E-state index is 13.5. The van der Waals surface area contributed by atoms with E-state index in [4.69, 9.17) is 15.6 Å². The third-order valence-corrected chi connectivity index (χ3v) is 6.67. The Labute approximate surface area is 208 Å².